The van der Waals surface area contributed by atoms with Gasteiger partial charge in [0.25, 0.3) is 0 Å². The first-order valence-corrected chi connectivity index (χ1v) is 42.8. The lowest BCUT2D eigenvalue weighted by molar-refractivity contribution is 1.10. The molecule has 0 amide bonds. The fourth-order valence-corrected chi connectivity index (χ4v) is 17.6. The van der Waals surface area contributed by atoms with Crippen LogP contribution < -0.4 is 0 Å². The largest absolute Gasteiger partial charge is 0.292 e. The molecule has 128 heavy (non-hydrogen) atoms. The summed E-state index contributed by atoms with van der Waals surface area (Å²) >= 11 is 0. The minimum Gasteiger partial charge on any atom is -0.292 e. The minimum atomic E-state index is 0.579. The zero-order chi connectivity index (χ0) is 84.8. The van der Waals surface area contributed by atoms with Gasteiger partial charge in [0.05, 0.1) is 84.2 Å². The molecule has 12 heteroatoms. The molecule has 598 valence electrons. The summed E-state index contributed by atoms with van der Waals surface area (Å²) in [6.45, 7) is 0. The van der Waals surface area contributed by atoms with Crippen molar-refractivity contribution in [2.45, 2.75) is 0 Å². The Morgan fingerprint density at radius 3 is 0.938 bits per heavy atom. The topological polar surface area (TPSA) is 139 Å². The molecule has 0 aliphatic carbocycles. The van der Waals surface area contributed by atoms with Gasteiger partial charge in [0, 0.05) is 88.4 Å². The highest BCUT2D eigenvalue weighted by molar-refractivity contribution is 6.22. The van der Waals surface area contributed by atoms with E-state index in [1.54, 1.807) is 0 Å². The summed E-state index contributed by atoms with van der Waals surface area (Å²) in [5.41, 5.74) is 29.7. The fraction of sp³-hybridized carbons (Fsp3) is 0. The van der Waals surface area contributed by atoms with Crippen LogP contribution in [0.4, 0.5) is 0 Å². The molecule has 0 aliphatic rings. The number of aromatic nitrogens is 12. The summed E-state index contributed by atoms with van der Waals surface area (Å²) < 4.78 is 4.52. The Balaban J connectivity index is 0.000000147. The lowest BCUT2D eigenvalue weighted by atomic mass is 9.97. The number of nitrogens with zero attached hydrogens (tertiary/aromatic N) is 12. The molecule has 12 nitrogen and oxygen atoms in total. The maximum atomic E-state index is 5.45. The SMILES string of the molecule is c1ccc(-c2ccc(-c3cc(-c4cccc(-c5ccc(-c6nc7ccccc7c7ccc8c(nc(-c9ccccc9)n8-c8ccccc8)c67)cc5)n4)nc(-c4ccccc4)n3)cc2)cc1.c1ccc(-c2ccc(-c3nc(-c4cccc(-c5ccc(-c6nc7ccccc7c7ccc8c(nc(-c9ccccc9)n8-c8ccccc8)c67)cc5)n4)nc4ccccc34)cc2)cc1. The Labute approximate surface area is 737 Å². The number of benzene rings is 16. The maximum absolute atomic E-state index is 5.45. The van der Waals surface area contributed by atoms with Gasteiger partial charge in [0.1, 0.15) is 17.3 Å². The molecular formula is C116H74N12. The first kappa shape index (κ1) is 75.5. The Bertz CT molecular complexity index is 8290. The van der Waals surface area contributed by atoms with Crippen molar-refractivity contribution in [1.82, 2.24) is 59.0 Å². The van der Waals surface area contributed by atoms with E-state index in [1.807, 2.05) is 133 Å². The molecule has 24 rings (SSSR count). The minimum absolute atomic E-state index is 0.579. The average Bonchev–Trinajstić information content (AvgIpc) is 1.60. The highest BCUT2D eigenvalue weighted by Crippen LogP contribution is 2.44. The molecule has 0 bridgehead atoms. The van der Waals surface area contributed by atoms with Crippen LogP contribution in [0.5, 0.6) is 0 Å². The number of pyridine rings is 4. The number of fused-ring (bicyclic) bond motifs is 11. The normalized spacial score (nSPS) is 11.4. The fourth-order valence-electron chi connectivity index (χ4n) is 17.6. The molecule has 0 radical (unpaired) electrons. The number of hydrogen-bond acceptors (Lipinski definition) is 10. The first-order chi connectivity index (χ1) is 63.4. The number of rotatable bonds is 15. The van der Waals surface area contributed by atoms with Crippen LogP contribution in [0, 0.1) is 0 Å². The van der Waals surface area contributed by atoms with E-state index in [-0.39, 0.29) is 0 Å². The van der Waals surface area contributed by atoms with E-state index in [4.69, 9.17) is 49.8 Å². The van der Waals surface area contributed by atoms with Crippen molar-refractivity contribution in [3.8, 4) is 158 Å². The number of para-hydroxylation sites is 5. The van der Waals surface area contributed by atoms with Gasteiger partial charge in [0.15, 0.2) is 11.6 Å². The molecular weight excluding hydrogens is 1560 g/mol. The van der Waals surface area contributed by atoms with Crippen molar-refractivity contribution >= 4 is 76.3 Å². The van der Waals surface area contributed by atoms with E-state index in [0.717, 1.165) is 206 Å². The van der Waals surface area contributed by atoms with Crippen LogP contribution in [0.2, 0.25) is 0 Å². The average molecular weight is 1640 g/mol. The highest BCUT2D eigenvalue weighted by atomic mass is 15.1. The molecule has 0 aliphatic heterocycles. The molecule has 8 aromatic heterocycles. The number of hydrogen-bond donors (Lipinski definition) is 0. The molecule has 0 atom stereocenters. The van der Waals surface area contributed by atoms with Gasteiger partial charge in [0.2, 0.25) is 0 Å². The standard InChI is InChI=1S/C59H38N6.C57H36N6/c1-5-16-39(17-6-1)40-28-30-42(31-29-40)52-38-53(63-58(62-52)44-18-7-2-8-19-44)51-27-15-26-49(60-51)41-32-34-43(35-33-41)56-55-48(47-24-13-14-25-50(47)61-56)36-37-54-57(55)64-59(45-20-9-3-10-21-45)65(54)46-22-11-4-12-23-46;1-4-15-37(16-5-1)38-27-31-40(32-28-38)53-46-22-11-13-24-49(46)60-56(61-53)50-26-14-25-47(58-50)39-29-33-41(34-30-39)54-52-45(44-21-10-12-23-48(44)59-54)35-36-51-55(52)62-57(42-17-6-2-7-18-42)63(51)43-19-8-3-9-20-43/h1-38H;1-36H. The van der Waals surface area contributed by atoms with Crippen molar-refractivity contribution in [3.63, 3.8) is 0 Å². The lowest BCUT2D eigenvalue weighted by Gasteiger charge is -2.13. The van der Waals surface area contributed by atoms with Crippen molar-refractivity contribution < 1.29 is 0 Å². The zero-order valence-electron chi connectivity index (χ0n) is 69.1. The van der Waals surface area contributed by atoms with Gasteiger partial charge in [-0.2, -0.15) is 0 Å². The number of imidazole rings is 2. The van der Waals surface area contributed by atoms with Gasteiger partial charge < -0.3 is 0 Å². The van der Waals surface area contributed by atoms with Gasteiger partial charge in [-0.1, -0.05) is 364 Å². The second-order valence-electron chi connectivity index (χ2n) is 31.7. The van der Waals surface area contributed by atoms with Crippen molar-refractivity contribution in [1.29, 1.82) is 0 Å². The van der Waals surface area contributed by atoms with Crippen molar-refractivity contribution in [2.24, 2.45) is 0 Å². The van der Waals surface area contributed by atoms with E-state index in [0.29, 0.717) is 17.3 Å². The van der Waals surface area contributed by atoms with Crippen LogP contribution in [-0.2, 0) is 0 Å². The van der Waals surface area contributed by atoms with Gasteiger partial charge in [-0.25, -0.2) is 49.8 Å². The van der Waals surface area contributed by atoms with Crippen LogP contribution in [0.25, 0.3) is 235 Å². The molecule has 0 saturated carbocycles. The Hall–Kier alpha value is -17.5. The van der Waals surface area contributed by atoms with Gasteiger partial charge in [-0.15, -0.1) is 0 Å². The summed E-state index contributed by atoms with van der Waals surface area (Å²) in [5, 5.41) is 7.44. The van der Waals surface area contributed by atoms with E-state index >= 15 is 0 Å². The first-order valence-electron chi connectivity index (χ1n) is 42.8. The van der Waals surface area contributed by atoms with Crippen LogP contribution in [0.1, 0.15) is 0 Å². The van der Waals surface area contributed by atoms with Crippen LogP contribution in [0.3, 0.4) is 0 Å². The van der Waals surface area contributed by atoms with E-state index in [2.05, 4.69) is 325 Å². The molecule has 0 N–H and O–H groups in total. The highest BCUT2D eigenvalue weighted by Gasteiger charge is 2.25. The third-order valence-electron chi connectivity index (χ3n) is 23.9. The van der Waals surface area contributed by atoms with Gasteiger partial charge in [-0.05, 0) is 118 Å². The summed E-state index contributed by atoms with van der Waals surface area (Å²) in [6.07, 6.45) is 0. The van der Waals surface area contributed by atoms with Gasteiger partial charge in [-0.3, -0.25) is 9.13 Å². The Kier molecular flexibility index (Phi) is 19.3. The molecule has 8 heterocycles. The third-order valence-corrected chi connectivity index (χ3v) is 23.9. The second kappa shape index (κ2) is 32.7. The monoisotopic (exact) mass is 1630 g/mol. The maximum Gasteiger partial charge on any atom is 0.179 e. The van der Waals surface area contributed by atoms with E-state index in [9.17, 15) is 0 Å². The quantitative estimate of drug-likeness (QED) is 0.0912. The molecule has 0 fully saturated rings. The zero-order valence-corrected chi connectivity index (χ0v) is 69.1. The van der Waals surface area contributed by atoms with Crippen LogP contribution in [0.15, 0.2) is 449 Å². The van der Waals surface area contributed by atoms with E-state index < -0.39 is 0 Å². The molecule has 0 unspecified atom stereocenters. The second-order valence-corrected chi connectivity index (χ2v) is 31.7. The predicted molar refractivity (Wildman–Crippen MR) is 523 cm³/mol. The molecule has 16 aromatic carbocycles. The van der Waals surface area contributed by atoms with Crippen molar-refractivity contribution in [3.05, 3.63) is 449 Å². The summed E-state index contributed by atoms with van der Waals surface area (Å²) in [5.74, 6) is 2.99. The summed E-state index contributed by atoms with van der Waals surface area (Å²) in [6, 6.07) is 155. The van der Waals surface area contributed by atoms with Gasteiger partial charge >= 0.3 is 0 Å². The molecule has 0 spiro atoms. The molecule has 24 aromatic rings. The predicted octanol–water partition coefficient (Wildman–Crippen LogP) is 28.6. The van der Waals surface area contributed by atoms with E-state index in [1.165, 1.54) is 11.1 Å². The Morgan fingerprint density at radius 2 is 0.484 bits per heavy atom. The molecule has 0 saturated heterocycles. The lowest BCUT2D eigenvalue weighted by Crippen LogP contribution is -1.97. The summed E-state index contributed by atoms with van der Waals surface area (Å²) in [7, 11) is 0. The van der Waals surface area contributed by atoms with Crippen LogP contribution in [-0.4, -0.2) is 59.0 Å². The Morgan fingerprint density at radius 1 is 0.156 bits per heavy atom. The smallest absolute Gasteiger partial charge is 0.179 e. The summed E-state index contributed by atoms with van der Waals surface area (Å²) in [4.78, 5) is 52.4. The third kappa shape index (κ3) is 14.2. The van der Waals surface area contributed by atoms with Crippen LogP contribution >= 0.6 is 0 Å². The van der Waals surface area contributed by atoms with Crippen molar-refractivity contribution in [2.75, 3.05) is 0 Å².